The van der Waals surface area contributed by atoms with Gasteiger partial charge in [0.05, 0.1) is 11.5 Å². The summed E-state index contributed by atoms with van der Waals surface area (Å²) in [6.45, 7) is 3.39. The Morgan fingerprint density at radius 1 is 1.57 bits per heavy atom. The molecule has 0 aliphatic carbocycles. The summed E-state index contributed by atoms with van der Waals surface area (Å²) in [5, 5.41) is 10.9. The zero-order valence-corrected chi connectivity index (χ0v) is 11.9. The van der Waals surface area contributed by atoms with Gasteiger partial charge in [0.1, 0.15) is 11.7 Å². The molecule has 1 atom stereocenters. The van der Waals surface area contributed by atoms with Gasteiger partial charge in [0.25, 0.3) is 5.69 Å². The largest absolute Gasteiger partial charge is 0.465 e. The highest BCUT2D eigenvalue weighted by molar-refractivity contribution is 5.76. The van der Waals surface area contributed by atoms with E-state index in [0.717, 1.165) is 24.9 Å². The molecule has 1 aromatic carbocycles. The van der Waals surface area contributed by atoms with Gasteiger partial charge in [-0.25, -0.2) is 0 Å². The fourth-order valence-electron chi connectivity index (χ4n) is 2.60. The molecular formula is C14H19N3O4. The van der Waals surface area contributed by atoms with Crippen LogP contribution in [0, 0.1) is 10.1 Å². The van der Waals surface area contributed by atoms with Gasteiger partial charge < -0.3 is 10.5 Å². The Kier molecular flexibility index (Phi) is 4.74. The van der Waals surface area contributed by atoms with Crippen LogP contribution in [0.1, 0.15) is 25.3 Å². The molecule has 0 bridgehead atoms. The Balaban J connectivity index is 2.12. The Morgan fingerprint density at radius 2 is 2.33 bits per heavy atom. The number of likely N-dealkylation sites (tertiary alicyclic amines) is 1. The third-order valence-electron chi connectivity index (χ3n) is 3.60. The zero-order valence-electron chi connectivity index (χ0n) is 11.9. The number of hydrogen-bond acceptors (Lipinski definition) is 6. The van der Waals surface area contributed by atoms with E-state index in [1.54, 1.807) is 13.0 Å². The number of ether oxygens (including phenoxy) is 1. The first-order valence-electron chi connectivity index (χ1n) is 6.96. The highest BCUT2D eigenvalue weighted by Gasteiger charge is 2.31. The summed E-state index contributed by atoms with van der Waals surface area (Å²) in [5.74, 6) is -0.222. The molecule has 2 rings (SSSR count). The molecule has 0 spiro atoms. The maximum absolute atomic E-state index is 11.9. The van der Waals surface area contributed by atoms with Gasteiger partial charge in [0, 0.05) is 12.6 Å². The molecule has 1 aliphatic rings. The number of nitrogens with zero attached hydrogens (tertiary/aromatic N) is 2. The minimum atomic E-state index is -0.494. The third kappa shape index (κ3) is 3.49. The summed E-state index contributed by atoms with van der Waals surface area (Å²) < 4.78 is 5.07. The number of carbonyl (C=O) groups excluding carboxylic acids is 1. The van der Waals surface area contributed by atoms with Crippen molar-refractivity contribution in [2.45, 2.75) is 32.4 Å². The Hall–Kier alpha value is -2.15. The first-order chi connectivity index (χ1) is 10.0. The van der Waals surface area contributed by atoms with Crippen LogP contribution in [0.3, 0.4) is 0 Å². The number of nitrogens with two attached hydrogens (primary N) is 1. The molecule has 1 unspecified atom stereocenters. The van der Waals surface area contributed by atoms with Gasteiger partial charge in [-0.05, 0) is 37.9 Å². The van der Waals surface area contributed by atoms with E-state index in [9.17, 15) is 14.9 Å². The van der Waals surface area contributed by atoms with Gasteiger partial charge in [-0.2, -0.15) is 0 Å². The number of nitro groups is 1. The van der Waals surface area contributed by atoms with Crippen LogP contribution in [-0.2, 0) is 16.1 Å². The van der Waals surface area contributed by atoms with Crippen LogP contribution >= 0.6 is 0 Å². The van der Waals surface area contributed by atoms with E-state index < -0.39 is 4.92 Å². The quantitative estimate of drug-likeness (QED) is 0.384. The van der Waals surface area contributed by atoms with Gasteiger partial charge in [0.15, 0.2) is 0 Å². The number of anilines is 1. The first kappa shape index (κ1) is 15.2. The predicted molar refractivity (Wildman–Crippen MR) is 77.6 cm³/mol. The van der Waals surface area contributed by atoms with Gasteiger partial charge >= 0.3 is 5.97 Å². The SMILES string of the molecule is CCOC(=O)C1CCCN1Cc1ccc(N)c([N+](=O)[O-])c1. The summed E-state index contributed by atoms with van der Waals surface area (Å²) >= 11 is 0. The van der Waals surface area contributed by atoms with Gasteiger partial charge in [-0.3, -0.25) is 19.8 Å². The van der Waals surface area contributed by atoms with E-state index in [2.05, 4.69) is 0 Å². The molecule has 1 saturated heterocycles. The number of hydrogen-bond donors (Lipinski definition) is 1. The molecule has 0 saturated carbocycles. The average Bonchev–Trinajstić information content (AvgIpc) is 2.89. The molecule has 7 heteroatoms. The maximum atomic E-state index is 11.9. The van der Waals surface area contributed by atoms with Gasteiger partial charge in [-0.15, -0.1) is 0 Å². The Labute approximate surface area is 122 Å². The number of carbonyl (C=O) groups is 1. The van der Waals surface area contributed by atoms with Crippen LogP contribution in [0.2, 0.25) is 0 Å². The maximum Gasteiger partial charge on any atom is 0.323 e. The molecule has 1 aromatic rings. The van der Waals surface area contributed by atoms with Gasteiger partial charge in [-0.1, -0.05) is 6.07 Å². The smallest absolute Gasteiger partial charge is 0.323 e. The van der Waals surface area contributed by atoms with Crippen molar-refractivity contribution in [3.8, 4) is 0 Å². The Morgan fingerprint density at radius 3 is 3.00 bits per heavy atom. The second-order valence-electron chi connectivity index (χ2n) is 5.03. The van der Waals surface area contributed by atoms with Crippen LogP contribution in [0.25, 0.3) is 0 Å². The molecule has 2 N–H and O–H groups in total. The highest BCUT2D eigenvalue weighted by Crippen LogP contribution is 2.26. The summed E-state index contributed by atoms with van der Waals surface area (Å²) in [5.41, 5.74) is 6.40. The molecule has 21 heavy (non-hydrogen) atoms. The summed E-state index contributed by atoms with van der Waals surface area (Å²) in [4.78, 5) is 24.3. The van der Waals surface area contributed by atoms with Crippen molar-refractivity contribution in [2.24, 2.45) is 0 Å². The number of esters is 1. The lowest BCUT2D eigenvalue weighted by Crippen LogP contribution is -2.36. The first-order valence-corrected chi connectivity index (χ1v) is 6.96. The highest BCUT2D eigenvalue weighted by atomic mass is 16.6. The molecule has 1 fully saturated rings. The predicted octanol–water partition coefficient (Wildman–Crippen LogP) is 1.70. The third-order valence-corrected chi connectivity index (χ3v) is 3.60. The van der Waals surface area contributed by atoms with Crippen LogP contribution in [0.4, 0.5) is 11.4 Å². The van der Waals surface area contributed by atoms with Crippen molar-refractivity contribution >= 4 is 17.3 Å². The molecule has 7 nitrogen and oxygen atoms in total. The van der Waals surface area contributed by atoms with E-state index >= 15 is 0 Å². The molecule has 1 aliphatic heterocycles. The van der Waals surface area contributed by atoms with E-state index in [-0.39, 0.29) is 23.4 Å². The fourth-order valence-corrected chi connectivity index (χ4v) is 2.60. The van der Waals surface area contributed by atoms with E-state index in [1.807, 2.05) is 4.90 Å². The van der Waals surface area contributed by atoms with Crippen molar-refractivity contribution in [3.63, 3.8) is 0 Å². The topological polar surface area (TPSA) is 98.7 Å². The Bertz CT molecular complexity index is 547. The van der Waals surface area contributed by atoms with Crippen LogP contribution < -0.4 is 5.73 Å². The molecule has 0 radical (unpaired) electrons. The minimum absolute atomic E-state index is 0.0978. The normalized spacial score (nSPS) is 18.6. The molecule has 0 aromatic heterocycles. The summed E-state index contributed by atoms with van der Waals surface area (Å²) in [7, 11) is 0. The standard InChI is InChI=1S/C14H19N3O4/c1-2-21-14(18)12-4-3-7-16(12)9-10-5-6-11(15)13(8-10)17(19)20/h5-6,8,12H,2-4,7,9,15H2,1H3. The zero-order chi connectivity index (χ0) is 15.4. The van der Waals surface area contributed by atoms with Crippen molar-refractivity contribution < 1.29 is 14.5 Å². The number of nitro benzene ring substituents is 1. The van der Waals surface area contributed by atoms with Crippen molar-refractivity contribution in [1.82, 2.24) is 4.90 Å². The van der Waals surface area contributed by atoms with Crippen molar-refractivity contribution in [3.05, 3.63) is 33.9 Å². The minimum Gasteiger partial charge on any atom is -0.465 e. The van der Waals surface area contributed by atoms with Crippen molar-refractivity contribution in [2.75, 3.05) is 18.9 Å². The summed E-state index contributed by atoms with van der Waals surface area (Å²) in [6.07, 6.45) is 1.68. The second kappa shape index (κ2) is 6.53. The number of nitrogen functional groups attached to an aromatic ring is 1. The van der Waals surface area contributed by atoms with E-state index in [0.29, 0.717) is 13.2 Å². The monoisotopic (exact) mass is 293 g/mol. The lowest BCUT2D eigenvalue weighted by Gasteiger charge is -2.22. The number of rotatable bonds is 5. The van der Waals surface area contributed by atoms with Gasteiger partial charge in [0.2, 0.25) is 0 Å². The van der Waals surface area contributed by atoms with Crippen LogP contribution in [-0.4, -0.2) is 35.0 Å². The van der Waals surface area contributed by atoms with Crippen LogP contribution in [0.15, 0.2) is 18.2 Å². The molecule has 114 valence electrons. The van der Waals surface area contributed by atoms with Crippen molar-refractivity contribution in [1.29, 1.82) is 0 Å². The second-order valence-corrected chi connectivity index (χ2v) is 5.03. The fraction of sp³-hybridized carbons (Fsp3) is 0.500. The average molecular weight is 293 g/mol. The van der Waals surface area contributed by atoms with E-state index in [4.69, 9.17) is 10.5 Å². The van der Waals surface area contributed by atoms with Crippen LogP contribution in [0.5, 0.6) is 0 Å². The van der Waals surface area contributed by atoms with E-state index in [1.165, 1.54) is 12.1 Å². The molecule has 0 amide bonds. The lowest BCUT2D eigenvalue weighted by atomic mass is 10.1. The molecular weight excluding hydrogens is 274 g/mol. The number of benzene rings is 1. The molecule has 1 heterocycles. The summed E-state index contributed by atoms with van der Waals surface area (Å²) in [6, 6.07) is 4.49. The lowest BCUT2D eigenvalue weighted by molar-refractivity contribution is -0.384.